The molecule has 3 heterocycles. The van der Waals surface area contributed by atoms with Crippen LogP contribution >= 0.6 is 11.8 Å². The summed E-state index contributed by atoms with van der Waals surface area (Å²) in [4.78, 5) is 8.85. The van der Waals surface area contributed by atoms with Gasteiger partial charge >= 0.3 is 0 Å². The summed E-state index contributed by atoms with van der Waals surface area (Å²) in [5.41, 5.74) is 1.84. The molecule has 0 aromatic carbocycles. The summed E-state index contributed by atoms with van der Waals surface area (Å²) in [6, 6.07) is 0. The van der Waals surface area contributed by atoms with E-state index in [4.69, 9.17) is 9.84 Å². The molecular formula is C16H22N4OS. The van der Waals surface area contributed by atoms with Crippen LogP contribution in [0.4, 0.5) is 0 Å². The van der Waals surface area contributed by atoms with Gasteiger partial charge < -0.3 is 4.74 Å². The van der Waals surface area contributed by atoms with Crippen molar-refractivity contribution in [3.8, 4) is 0 Å². The van der Waals surface area contributed by atoms with E-state index in [1.54, 1.807) is 18.1 Å². The van der Waals surface area contributed by atoms with Crippen LogP contribution in [0.15, 0.2) is 24.0 Å². The minimum atomic E-state index is -0.0365. The zero-order valence-corrected chi connectivity index (χ0v) is 14.1. The Hall–Kier alpha value is -1.40. The molecule has 3 atom stereocenters. The van der Waals surface area contributed by atoms with E-state index in [0.717, 1.165) is 34.6 Å². The first-order valence-electron chi connectivity index (χ1n) is 7.72. The molecule has 0 amide bonds. The van der Waals surface area contributed by atoms with Crippen molar-refractivity contribution in [2.45, 2.75) is 50.5 Å². The normalized spacial score (nSPS) is 25.0. The predicted molar refractivity (Wildman–Crippen MR) is 89.0 cm³/mol. The lowest BCUT2D eigenvalue weighted by molar-refractivity contribution is -0.00964. The maximum Gasteiger partial charge on any atom is 0.165 e. The van der Waals surface area contributed by atoms with Gasteiger partial charge in [-0.15, -0.1) is 18.3 Å². The third-order valence-electron chi connectivity index (χ3n) is 4.27. The quantitative estimate of drug-likeness (QED) is 0.479. The van der Waals surface area contributed by atoms with Crippen molar-refractivity contribution in [2.75, 3.05) is 6.26 Å². The third-order valence-corrected chi connectivity index (χ3v) is 4.97. The van der Waals surface area contributed by atoms with Gasteiger partial charge in [-0.2, -0.15) is 5.10 Å². The second-order valence-electron chi connectivity index (χ2n) is 5.72. The van der Waals surface area contributed by atoms with E-state index in [9.17, 15) is 0 Å². The number of rotatable bonds is 5. The largest absolute Gasteiger partial charge is 0.353 e. The van der Waals surface area contributed by atoms with Gasteiger partial charge in [0.15, 0.2) is 11.9 Å². The standard InChI is InChI=1S/C16H22N4OS/c1-5-7-11-14-15(17-9-18-16(14)22-4)20(19-11)13-8-10(3)12(6-2)21-13/h5,9-10,12-13H,1,6-8H2,2-4H3. The van der Waals surface area contributed by atoms with Crippen LogP contribution in [0, 0.1) is 5.92 Å². The Kier molecular flexibility index (Phi) is 4.49. The number of hydrogen-bond acceptors (Lipinski definition) is 5. The van der Waals surface area contributed by atoms with Crippen molar-refractivity contribution in [3.05, 3.63) is 24.7 Å². The van der Waals surface area contributed by atoms with Crippen molar-refractivity contribution in [3.63, 3.8) is 0 Å². The fraction of sp³-hybridized carbons (Fsp3) is 0.562. The number of fused-ring (bicyclic) bond motifs is 1. The van der Waals surface area contributed by atoms with E-state index < -0.39 is 0 Å². The molecule has 1 saturated heterocycles. The first-order chi connectivity index (χ1) is 10.7. The van der Waals surface area contributed by atoms with Gasteiger partial charge in [0, 0.05) is 6.42 Å². The van der Waals surface area contributed by atoms with Crippen LogP contribution in [0.25, 0.3) is 11.0 Å². The summed E-state index contributed by atoms with van der Waals surface area (Å²) in [6.07, 6.45) is 8.49. The number of hydrogen-bond donors (Lipinski definition) is 0. The maximum atomic E-state index is 6.19. The molecule has 0 spiro atoms. The van der Waals surface area contributed by atoms with Gasteiger partial charge in [0.25, 0.3) is 0 Å². The van der Waals surface area contributed by atoms with Gasteiger partial charge in [-0.05, 0) is 25.0 Å². The highest BCUT2D eigenvalue weighted by Gasteiger charge is 2.34. The highest BCUT2D eigenvalue weighted by molar-refractivity contribution is 7.98. The van der Waals surface area contributed by atoms with Crippen LogP contribution in [0.1, 0.15) is 38.6 Å². The van der Waals surface area contributed by atoms with Crippen molar-refractivity contribution in [1.29, 1.82) is 0 Å². The Morgan fingerprint density at radius 1 is 1.50 bits per heavy atom. The Bertz CT molecular complexity index is 684. The van der Waals surface area contributed by atoms with Gasteiger partial charge in [0.2, 0.25) is 0 Å². The average molecular weight is 318 g/mol. The smallest absolute Gasteiger partial charge is 0.165 e. The van der Waals surface area contributed by atoms with E-state index in [1.165, 1.54) is 0 Å². The predicted octanol–water partition coefficient (Wildman–Crippen LogP) is 3.61. The van der Waals surface area contributed by atoms with Gasteiger partial charge in [-0.1, -0.05) is 19.9 Å². The second kappa shape index (κ2) is 6.38. The van der Waals surface area contributed by atoms with Crippen LogP contribution in [-0.2, 0) is 11.2 Å². The fourth-order valence-electron chi connectivity index (χ4n) is 3.17. The molecule has 0 saturated carbocycles. The molecule has 3 rings (SSSR count). The minimum absolute atomic E-state index is 0.0365. The van der Waals surface area contributed by atoms with Crippen LogP contribution in [-0.4, -0.2) is 32.1 Å². The summed E-state index contributed by atoms with van der Waals surface area (Å²) >= 11 is 1.62. The van der Waals surface area contributed by atoms with Crippen molar-refractivity contribution in [1.82, 2.24) is 19.7 Å². The molecule has 0 aliphatic carbocycles. The highest BCUT2D eigenvalue weighted by Crippen LogP contribution is 2.37. The molecule has 3 unspecified atom stereocenters. The molecule has 5 nitrogen and oxygen atoms in total. The molecule has 118 valence electrons. The number of allylic oxidation sites excluding steroid dienone is 1. The lowest BCUT2D eigenvalue weighted by atomic mass is 10.0. The molecule has 6 heteroatoms. The summed E-state index contributed by atoms with van der Waals surface area (Å²) in [6.45, 7) is 8.25. The Labute approximate surface area is 135 Å². The first kappa shape index (κ1) is 15.5. The monoisotopic (exact) mass is 318 g/mol. The average Bonchev–Trinajstić information content (AvgIpc) is 3.08. The van der Waals surface area contributed by atoms with E-state index in [1.807, 2.05) is 17.0 Å². The first-order valence-corrected chi connectivity index (χ1v) is 8.94. The van der Waals surface area contributed by atoms with Crippen LogP contribution in [0.5, 0.6) is 0 Å². The van der Waals surface area contributed by atoms with E-state index in [-0.39, 0.29) is 6.23 Å². The second-order valence-corrected chi connectivity index (χ2v) is 6.51. The zero-order valence-electron chi connectivity index (χ0n) is 13.3. The SMILES string of the molecule is C=CCc1nn(C2CC(C)C(CC)O2)c2ncnc(SC)c12. The van der Waals surface area contributed by atoms with Crippen LogP contribution in [0.3, 0.4) is 0 Å². The van der Waals surface area contributed by atoms with Gasteiger partial charge in [-0.25, -0.2) is 14.6 Å². The summed E-state index contributed by atoms with van der Waals surface area (Å²) in [5, 5.41) is 6.77. The Morgan fingerprint density at radius 3 is 2.95 bits per heavy atom. The number of ether oxygens (including phenoxy) is 1. The fourth-order valence-corrected chi connectivity index (χ4v) is 3.73. The molecular weight excluding hydrogens is 296 g/mol. The topological polar surface area (TPSA) is 52.8 Å². The van der Waals surface area contributed by atoms with E-state index >= 15 is 0 Å². The molecule has 1 fully saturated rings. The van der Waals surface area contributed by atoms with E-state index in [0.29, 0.717) is 18.4 Å². The molecule has 2 aromatic heterocycles. The van der Waals surface area contributed by atoms with Crippen molar-refractivity contribution in [2.24, 2.45) is 5.92 Å². The lowest BCUT2D eigenvalue weighted by Gasteiger charge is -2.13. The Morgan fingerprint density at radius 2 is 2.32 bits per heavy atom. The van der Waals surface area contributed by atoms with Crippen LogP contribution in [0.2, 0.25) is 0 Å². The van der Waals surface area contributed by atoms with Gasteiger partial charge in [0.05, 0.1) is 17.2 Å². The van der Waals surface area contributed by atoms with Crippen LogP contribution < -0.4 is 0 Å². The molecule has 0 radical (unpaired) electrons. The molecule has 0 bridgehead atoms. The maximum absolute atomic E-state index is 6.19. The zero-order chi connectivity index (χ0) is 15.7. The number of aromatic nitrogens is 4. The molecule has 1 aliphatic heterocycles. The van der Waals surface area contributed by atoms with Gasteiger partial charge in [-0.3, -0.25) is 0 Å². The lowest BCUT2D eigenvalue weighted by Crippen LogP contribution is -2.13. The number of nitrogens with zero attached hydrogens (tertiary/aromatic N) is 4. The highest BCUT2D eigenvalue weighted by atomic mass is 32.2. The molecule has 0 N–H and O–H groups in total. The molecule has 2 aromatic rings. The van der Waals surface area contributed by atoms with Gasteiger partial charge in [0.1, 0.15) is 11.4 Å². The molecule has 22 heavy (non-hydrogen) atoms. The van der Waals surface area contributed by atoms with Crippen molar-refractivity contribution < 1.29 is 4.74 Å². The minimum Gasteiger partial charge on any atom is -0.353 e. The Balaban J connectivity index is 2.09. The summed E-state index contributed by atoms with van der Waals surface area (Å²) in [5.74, 6) is 0.541. The van der Waals surface area contributed by atoms with Crippen molar-refractivity contribution >= 4 is 22.8 Å². The van der Waals surface area contributed by atoms with E-state index in [2.05, 4.69) is 30.4 Å². The summed E-state index contributed by atoms with van der Waals surface area (Å²) in [7, 11) is 0. The number of thioether (sulfide) groups is 1. The molecule has 1 aliphatic rings. The third kappa shape index (κ3) is 2.54. The summed E-state index contributed by atoms with van der Waals surface area (Å²) < 4.78 is 8.14.